The highest BCUT2D eigenvalue weighted by atomic mass is 32.3. The van der Waals surface area contributed by atoms with Crippen LogP contribution in [0.5, 0.6) is 0 Å². The monoisotopic (exact) mass is 408 g/mol. The second-order valence-electron chi connectivity index (χ2n) is 6.46. The second-order valence-corrected chi connectivity index (χ2v) is 11.3. The number of hydrogen-bond acceptors (Lipinski definition) is 6. The summed E-state index contributed by atoms with van der Waals surface area (Å²) in [6, 6.07) is 10.9. The number of sulfone groups is 2. The molecular formula is C19H20O6S2. The lowest BCUT2D eigenvalue weighted by atomic mass is 10.2. The molecule has 6 nitrogen and oxygen atoms in total. The molecule has 0 unspecified atom stereocenters. The third-order valence-electron chi connectivity index (χ3n) is 4.42. The summed E-state index contributed by atoms with van der Waals surface area (Å²) in [6.45, 7) is 5.11. The van der Waals surface area contributed by atoms with E-state index >= 15 is 0 Å². The fourth-order valence-electron chi connectivity index (χ4n) is 2.59. The third kappa shape index (κ3) is 3.35. The maximum Gasteiger partial charge on any atom is 0.244 e. The minimum absolute atomic E-state index is 0.346. The molecule has 0 N–H and O–H groups in total. The van der Waals surface area contributed by atoms with E-state index in [9.17, 15) is 26.4 Å². The molecule has 2 aromatic carbocycles. The molecule has 144 valence electrons. The molecule has 0 aliphatic rings. The summed E-state index contributed by atoms with van der Waals surface area (Å²) in [7, 11) is -9.47. The van der Waals surface area contributed by atoms with Gasteiger partial charge in [-0.1, -0.05) is 35.4 Å². The first-order chi connectivity index (χ1) is 12.4. The third-order valence-corrected chi connectivity index (χ3v) is 9.94. The topological polar surface area (TPSA) is 102 Å². The maximum atomic E-state index is 13.2. The summed E-state index contributed by atoms with van der Waals surface area (Å²) in [4.78, 5) is 23.7. The van der Waals surface area contributed by atoms with Crippen molar-refractivity contribution in [3.63, 3.8) is 0 Å². The van der Waals surface area contributed by atoms with Crippen LogP contribution in [0, 0.1) is 13.8 Å². The van der Waals surface area contributed by atoms with Gasteiger partial charge in [-0.2, -0.15) is 0 Å². The molecule has 0 aliphatic heterocycles. The predicted octanol–water partition coefficient (Wildman–Crippen LogP) is 2.43. The number of ketones is 2. The van der Waals surface area contributed by atoms with Crippen molar-refractivity contribution >= 4 is 31.2 Å². The zero-order valence-electron chi connectivity index (χ0n) is 15.4. The van der Waals surface area contributed by atoms with E-state index in [2.05, 4.69) is 0 Å². The molecule has 0 aliphatic carbocycles. The molecule has 0 atom stereocenters. The van der Waals surface area contributed by atoms with Gasteiger partial charge in [0.05, 0.1) is 9.79 Å². The first kappa shape index (κ1) is 21.0. The van der Waals surface area contributed by atoms with Crippen LogP contribution in [-0.4, -0.2) is 32.5 Å². The van der Waals surface area contributed by atoms with Crippen molar-refractivity contribution in [1.29, 1.82) is 0 Å². The van der Waals surface area contributed by atoms with Crippen molar-refractivity contribution < 1.29 is 26.4 Å². The normalized spacial score (nSPS) is 12.6. The molecule has 0 fully saturated rings. The number of hydrogen-bond donors (Lipinski definition) is 0. The Hall–Kier alpha value is -2.32. The summed E-state index contributed by atoms with van der Waals surface area (Å²) < 4.78 is 50.0. The fourth-order valence-corrected chi connectivity index (χ4v) is 6.99. The van der Waals surface area contributed by atoms with Gasteiger partial charge in [0.2, 0.25) is 29.5 Å². The van der Waals surface area contributed by atoms with Gasteiger partial charge < -0.3 is 0 Å². The fraction of sp³-hybridized carbons (Fsp3) is 0.263. The average molecular weight is 408 g/mol. The van der Waals surface area contributed by atoms with Gasteiger partial charge in [0.1, 0.15) is 0 Å². The van der Waals surface area contributed by atoms with Crippen LogP contribution in [0.25, 0.3) is 0 Å². The van der Waals surface area contributed by atoms with Crippen molar-refractivity contribution in [2.75, 3.05) is 0 Å². The number of aryl methyl sites for hydroxylation is 2. The van der Waals surface area contributed by atoms with Crippen LogP contribution in [-0.2, 0) is 29.3 Å². The van der Waals surface area contributed by atoms with Crippen molar-refractivity contribution in [3.8, 4) is 0 Å². The minimum atomic E-state index is -4.74. The highest BCUT2D eigenvalue weighted by Crippen LogP contribution is 2.36. The number of carbonyl (C=O) groups is 2. The second kappa shape index (κ2) is 7.01. The molecular weight excluding hydrogens is 388 g/mol. The lowest BCUT2D eigenvalue weighted by Gasteiger charge is -2.27. The Labute approximate surface area is 159 Å². The zero-order valence-corrected chi connectivity index (χ0v) is 17.0. The van der Waals surface area contributed by atoms with Crippen LogP contribution in [0.2, 0.25) is 0 Å². The summed E-state index contributed by atoms with van der Waals surface area (Å²) in [6.07, 6.45) is 0. The zero-order chi connectivity index (χ0) is 20.6. The van der Waals surface area contributed by atoms with E-state index < -0.39 is 35.3 Å². The van der Waals surface area contributed by atoms with Crippen LogP contribution in [0.1, 0.15) is 25.0 Å². The first-order valence-electron chi connectivity index (χ1n) is 8.03. The largest absolute Gasteiger partial charge is 0.291 e. The molecule has 0 bridgehead atoms. The van der Waals surface area contributed by atoms with E-state index in [-0.39, 0.29) is 9.79 Å². The Bertz CT molecular complexity index is 1020. The van der Waals surface area contributed by atoms with Crippen LogP contribution in [0.3, 0.4) is 0 Å². The van der Waals surface area contributed by atoms with E-state index in [1.165, 1.54) is 48.5 Å². The molecule has 27 heavy (non-hydrogen) atoms. The van der Waals surface area contributed by atoms with Crippen molar-refractivity contribution in [2.24, 2.45) is 0 Å². The minimum Gasteiger partial charge on any atom is -0.291 e. The van der Waals surface area contributed by atoms with Crippen LogP contribution in [0.15, 0.2) is 58.3 Å². The lowest BCUT2D eigenvalue weighted by molar-refractivity contribution is -0.135. The van der Waals surface area contributed by atoms with Crippen LogP contribution >= 0.6 is 0 Å². The Balaban J connectivity index is 2.84. The van der Waals surface area contributed by atoms with Crippen molar-refractivity contribution in [3.05, 3.63) is 59.7 Å². The highest BCUT2D eigenvalue weighted by molar-refractivity contribution is 8.11. The molecule has 0 saturated carbocycles. The average Bonchev–Trinajstić information content (AvgIpc) is 2.60. The molecule has 0 aromatic heterocycles. The Morgan fingerprint density at radius 2 is 1.00 bits per heavy atom. The van der Waals surface area contributed by atoms with Crippen molar-refractivity contribution in [1.82, 2.24) is 0 Å². The Morgan fingerprint density at radius 3 is 1.26 bits per heavy atom. The number of benzene rings is 2. The standard InChI is InChI=1S/C19H20O6S2/c1-13-5-9-16(10-6-13)26(22,23)19(4,18(21)15(3)20)27(24,25)17-11-7-14(2)8-12-17/h5-12H,1-4H3. The number of rotatable bonds is 6. The molecule has 8 heteroatoms. The molecule has 0 heterocycles. The van der Waals surface area contributed by atoms with E-state index in [4.69, 9.17) is 0 Å². The maximum absolute atomic E-state index is 13.2. The predicted molar refractivity (Wildman–Crippen MR) is 101 cm³/mol. The molecule has 2 aromatic rings. The van der Waals surface area contributed by atoms with Crippen LogP contribution < -0.4 is 0 Å². The Kier molecular flexibility index (Phi) is 5.45. The summed E-state index contributed by atoms with van der Waals surface area (Å²) in [5.41, 5.74) is 1.52. The summed E-state index contributed by atoms with van der Waals surface area (Å²) >= 11 is 0. The van der Waals surface area contributed by atoms with Gasteiger partial charge in [0, 0.05) is 6.92 Å². The number of carbonyl (C=O) groups excluding carboxylic acids is 2. The van der Waals surface area contributed by atoms with Crippen molar-refractivity contribution in [2.45, 2.75) is 41.6 Å². The van der Waals surface area contributed by atoms with Crippen LogP contribution in [0.4, 0.5) is 0 Å². The smallest absolute Gasteiger partial charge is 0.244 e. The highest BCUT2D eigenvalue weighted by Gasteiger charge is 2.59. The van der Waals surface area contributed by atoms with Gasteiger partial charge >= 0.3 is 0 Å². The van der Waals surface area contributed by atoms with Gasteiger partial charge in [-0.05, 0) is 45.0 Å². The van der Waals surface area contributed by atoms with E-state index in [1.807, 2.05) is 0 Å². The molecule has 0 spiro atoms. The summed E-state index contributed by atoms with van der Waals surface area (Å²) in [5.74, 6) is -2.65. The quantitative estimate of drug-likeness (QED) is 0.680. The molecule has 2 rings (SSSR count). The Morgan fingerprint density at radius 1 is 0.704 bits per heavy atom. The van der Waals surface area contributed by atoms with Gasteiger partial charge in [-0.15, -0.1) is 0 Å². The van der Waals surface area contributed by atoms with E-state index in [0.717, 1.165) is 25.0 Å². The molecule has 0 radical (unpaired) electrons. The SMILES string of the molecule is CC(=O)C(=O)C(C)(S(=O)(=O)c1ccc(C)cc1)S(=O)(=O)c1ccc(C)cc1. The van der Waals surface area contributed by atoms with Gasteiger partial charge in [0.25, 0.3) is 0 Å². The molecule has 0 saturated heterocycles. The van der Waals surface area contributed by atoms with E-state index in [0.29, 0.717) is 0 Å². The lowest BCUT2D eigenvalue weighted by Crippen LogP contribution is -2.52. The van der Waals surface area contributed by atoms with Gasteiger partial charge in [0.15, 0.2) is 5.78 Å². The van der Waals surface area contributed by atoms with Gasteiger partial charge in [-0.25, -0.2) is 16.8 Å². The van der Waals surface area contributed by atoms with Gasteiger partial charge in [-0.3, -0.25) is 9.59 Å². The number of Topliss-reactive ketones (excluding diaryl/α,β-unsaturated/α-hetero) is 2. The van der Waals surface area contributed by atoms with E-state index in [1.54, 1.807) is 13.8 Å². The summed E-state index contributed by atoms with van der Waals surface area (Å²) in [5, 5.41) is 0. The molecule has 0 amide bonds. The first-order valence-corrected chi connectivity index (χ1v) is 11.0.